The van der Waals surface area contributed by atoms with Gasteiger partial charge in [0.05, 0.1) is 23.7 Å². The van der Waals surface area contributed by atoms with Crippen molar-refractivity contribution in [3.63, 3.8) is 0 Å². The second-order valence-corrected chi connectivity index (χ2v) is 9.31. The first-order chi connectivity index (χ1) is 18.2. The molecule has 0 spiro atoms. The van der Waals surface area contributed by atoms with E-state index >= 15 is 0 Å². The molecule has 10 heteroatoms. The molecule has 3 N–H and O–H groups in total. The van der Waals surface area contributed by atoms with Crippen molar-refractivity contribution >= 4 is 40.1 Å². The highest BCUT2D eigenvalue weighted by Crippen LogP contribution is 2.38. The lowest BCUT2D eigenvalue weighted by Gasteiger charge is -2.22. The maximum absolute atomic E-state index is 14.3. The molecule has 3 aromatic carbocycles. The fourth-order valence-electron chi connectivity index (χ4n) is 4.66. The van der Waals surface area contributed by atoms with Crippen LogP contribution in [0.15, 0.2) is 76.6 Å². The number of amides is 1. The number of benzene rings is 3. The fourth-order valence-corrected chi connectivity index (χ4v) is 4.83. The maximum Gasteiger partial charge on any atom is 0.303 e. The topological polar surface area (TPSA) is 123 Å². The minimum absolute atomic E-state index is 0.0536. The number of fused-ring (bicyclic) bond motifs is 1. The van der Waals surface area contributed by atoms with Crippen molar-refractivity contribution in [3.8, 4) is 16.9 Å². The number of pyridine rings is 1. The van der Waals surface area contributed by atoms with Crippen LogP contribution in [0.3, 0.4) is 0 Å². The van der Waals surface area contributed by atoms with Crippen molar-refractivity contribution in [1.29, 1.82) is 0 Å². The van der Waals surface area contributed by atoms with Gasteiger partial charge in [0, 0.05) is 34.3 Å². The SMILES string of the molecule is O=C(O)CCC(=O)N1N=C(c2c(-c3ccccc3)c3cc(Cl)ccc3[nH]c2=O)CC1c1ccc(O)c(F)c1. The van der Waals surface area contributed by atoms with E-state index in [0.29, 0.717) is 27.1 Å². The van der Waals surface area contributed by atoms with E-state index in [9.17, 15) is 23.9 Å². The smallest absolute Gasteiger partial charge is 0.303 e. The lowest BCUT2D eigenvalue weighted by Crippen LogP contribution is -2.27. The molecule has 1 atom stereocenters. The summed E-state index contributed by atoms with van der Waals surface area (Å²) in [5, 5.41) is 25.4. The maximum atomic E-state index is 14.3. The molecule has 0 saturated heterocycles. The number of rotatable bonds is 6. The van der Waals surface area contributed by atoms with E-state index in [4.69, 9.17) is 16.7 Å². The number of carboxylic acid groups (broad SMARTS) is 1. The standard InChI is InChI=1S/C28H21ClFN3O5/c29-17-7-8-20-18(13-17)26(15-4-2-1-3-5-15)27(28(38)31-20)21-14-22(16-6-9-23(34)19(30)12-16)33(32-21)24(35)10-11-25(36)37/h1-9,12-13,22,34H,10-11,14H2,(H,31,38)(H,36,37). The molecular formula is C28H21ClFN3O5. The molecule has 0 fully saturated rings. The van der Waals surface area contributed by atoms with Gasteiger partial charge in [-0.15, -0.1) is 0 Å². The molecule has 1 amide bonds. The van der Waals surface area contributed by atoms with Crippen LogP contribution in [0.4, 0.5) is 4.39 Å². The first kappa shape index (κ1) is 25.2. The number of carbonyl (C=O) groups excluding carboxylic acids is 1. The number of nitrogens with zero attached hydrogens (tertiary/aromatic N) is 2. The van der Waals surface area contributed by atoms with Crippen LogP contribution in [0.2, 0.25) is 5.02 Å². The van der Waals surface area contributed by atoms with Crippen LogP contribution >= 0.6 is 11.6 Å². The van der Waals surface area contributed by atoms with Crippen molar-refractivity contribution < 1.29 is 24.2 Å². The highest BCUT2D eigenvalue weighted by Gasteiger charge is 2.35. The van der Waals surface area contributed by atoms with Gasteiger partial charge >= 0.3 is 5.97 Å². The third-order valence-electron chi connectivity index (χ3n) is 6.40. The summed E-state index contributed by atoms with van der Waals surface area (Å²) in [7, 11) is 0. The van der Waals surface area contributed by atoms with Crippen molar-refractivity contribution in [2.75, 3.05) is 0 Å². The Morgan fingerprint density at radius 2 is 1.82 bits per heavy atom. The zero-order chi connectivity index (χ0) is 27.0. The summed E-state index contributed by atoms with van der Waals surface area (Å²) in [4.78, 5) is 40.5. The highest BCUT2D eigenvalue weighted by atomic mass is 35.5. The molecule has 4 aromatic rings. The first-order valence-corrected chi connectivity index (χ1v) is 12.1. The van der Waals surface area contributed by atoms with Gasteiger partial charge in [0.15, 0.2) is 11.6 Å². The van der Waals surface area contributed by atoms with Crippen molar-refractivity contribution in [1.82, 2.24) is 9.99 Å². The molecule has 8 nitrogen and oxygen atoms in total. The number of hydrogen-bond donors (Lipinski definition) is 3. The lowest BCUT2D eigenvalue weighted by atomic mass is 9.91. The Labute approximate surface area is 220 Å². The monoisotopic (exact) mass is 533 g/mol. The average molecular weight is 534 g/mol. The first-order valence-electron chi connectivity index (χ1n) is 11.7. The van der Waals surface area contributed by atoms with Crippen LogP contribution in [0.25, 0.3) is 22.0 Å². The second kappa shape index (κ2) is 10.1. The third kappa shape index (κ3) is 4.76. The van der Waals surface area contributed by atoms with Gasteiger partial charge in [-0.05, 0) is 41.5 Å². The minimum Gasteiger partial charge on any atom is -0.505 e. The quantitative estimate of drug-likeness (QED) is 0.313. The van der Waals surface area contributed by atoms with Crippen LogP contribution in [0, 0.1) is 5.82 Å². The Bertz CT molecular complexity index is 1670. The fraction of sp³-hybridized carbons (Fsp3) is 0.143. The molecule has 1 aliphatic heterocycles. The second-order valence-electron chi connectivity index (χ2n) is 8.87. The summed E-state index contributed by atoms with van der Waals surface area (Å²) < 4.78 is 14.3. The third-order valence-corrected chi connectivity index (χ3v) is 6.64. The highest BCUT2D eigenvalue weighted by molar-refractivity contribution is 6.31. The summed E-state index contributed by atoms with van der Waals surface area (Å²) in [6.45, 7) is 0. The van der Waals surface area contributed by atoms with E-state index in [0.717, 1.165) is 16.6 Å². The summed E-state index contributed by atoms with van der Waals surface area (Å²) in [6, 6.07) is 17.2. The molecule has 1 aliphatic rings. The molecule has 1 aromatic heterocycles. The largest absolute Gasteiger partial charge is 0.505 e. The number of aromatic nitrogens is 1. The van der Waals surface area contributed by atoms with Crippen LogP contribution in [-0.4, -0.2) is 37.8 Å². The van der Waals surface area contributed by atoms with E-state index in [1.807, 2.05) is 30.3 Å². The number of aliphatic carboxylic acids is 1. The zero-order valence-electron chi connectivity index (χ0n) is 19.8. The molecule has 38 heavy (non-hydrogen) atoms. The molecule has 0 bridgehead atoms. The number of aromatic hydroxyl groups is 1. The molecule has 5 rings (SSSR count). The molecule has 0 saturated carbocycles. The van der Waals surface area contributed by atoms with Crippen LogP contribution < -0.4 is 5.56 Å². The number of hydrazone groups is 1. The Morgan fingerprint density at radius 1 is 1.05 bits per heavy atom. The van der Waals surface area contributed by atoms with E-state index in [2.05, 4.69) is 10.1 Å². The number of H-pyrrole nitrogens is 1. The minimum atomic E-state index is -1.15. The molecular weight excluding hydrogens is 513 g/mol. The van der Waals surface area contributed by atoms with Crippen molar-refractivity contribution in [2.24, 2.45) is 5.10 Å². The van der Waals surface area contributed by atoms with Gasteiger partial charge in [-0.1, -0.05) is 48.0 Å². The van der Waals surface area contributed by atoms with E-state index < -0.39 is 41.5 Å². The number of carboxylic acids is 1. The number of halogens is 2. The van der Waals surface area contributed by atoms with Gasteiger partial charge in [-0.2, -0.15) is 5.10 Å². The molecule has 2 heterocycles. The van der Waals surface area contributed by atoms with Gasteiger partial charge < -0.3 is 15.2 Å². The Kier molecular flexibility index (Phi) is 6.69. The number of phenols is 1. The van der Waals surface area contributed by atoms with Crippen LogP contribution in [0.5, 0.6) is 5.75 Å². The number of phenolic OH excluding ortho intramolecular Hbond substituents is 1. The Hall–Kier alpha value is -4.50. The predicted octanol–water partition coefficient (Wildman–Crippen LogP) is 5.24. The van der Waals surface area contributed by atoms with Crippen molar-refractivity contribution in [2.45, 2.75) is 25.3 Å². The van der Waals surface area contributed by atoms with Crippen LogP contribution in [-0.2, 0) is 9.59 Å². The van der Waals surface area contributed by atoms with Gasteiger partial charge in [-0.25, -0.2) is 9.40 Å². The van der Waals surface area contributed by atoms with Gasteiger partial charge in [0.2, 0.25) is 5.91 Å². The normalized spacial score (nSPS) is 15.1. The molecule has 1 unspecified atom stereocenters. The number of nitrogens with one attached hydrogen (secondary N) is 1. The number of hydrogen-bond acceptors (Lipinski definition) is 5. The Morgan fingerprint density at radius 3 is 2.53 bits per heavy atom. The van der Waals surface area contributed by atoms with Gasteiger partial charge in [0.1, 0.15) is 0 Å². The summed E-state index contributed by atoms with van der Waals surface area (Å²) in [5.74, 6) is -3.17. The van der Waals surface area contributed by atoms with E-state index in [-0.39, 0.29) is 24.1 Å². The van der Waals surface area contributed by atoms with E-state index in [1.54, 1.807) is 18.2 Å². The number of aromatic amines is 1. The van der Waals surface area contributed by atoms with Crippen LogP contribution in [0.1, 0.15) is 36.4 Å². The summed E-state index contributed by atoms with van der Waals surface area (Å²) in [5.41, 5.74) is 2.26. The molecule has 192 valence electrons. The van der Waals surface area contributed by atoms with Gasteiger partial charge in [-0.3, -0.25) is 14.4 Å². The zero-order valence-corrected chi connectivity index (χ0v) is 20.6. The number of carbonyl (C=O) groups is 2. The summed E-state index contributed by atoms with van der Waals surface area (Å²) in [6.07, 6.45) is -0.697. The molecule has 0 aliphatic carbocycles. The summed E-state index contributed by atoms with van der Waals surface area (Å²) >= 11 is 6.31. The van der Waals surface area contributed by atoms with E-state index in [1.165, 1.54) is 12.1 Å². The average Bonchev–Trinajstić information content (AvgIpc) is 3.34. The van der Waals surface area contributed by atoms with Crippen molar-refractivity contribution in [3.05, 3.63) is 99.1 Å². The van der Waals surface area contributed by atoms with Gasteiger partial charge in [0.25, 0.3) is 5.56 Å². The lowest BCUT2D eigenvalue weighted by molar-refractivity contribution is -0.141. The Balaban J connectivity index is 1.70. The predicted molar refractivity (Wildman–Crippen MR) is 141 cm³/mol. The molecule has 0 radical (unpaired) electrons.